The second kappa shape index (κ2) is 17.9. The number of halogens is 7. The predicted octanol–water partition coefficient (Wildman–Crippen LogP) is 11.2. The van der Waals surface area contributed by atoms with E-state index in [1.165, 1.54) is 30.6 Å². The van der Waals surface area contributed by atoms with Crippen LogP contribution in [-0.2, 0) is 19.1 Å². The third-order valence-corrected chi connectivity index (χ3v) is 10.1. The molecule has 0 atom stereocenters. The monoisotopic (exact) mass is 846 g/mol. The van der Waals surface area contributed by atoms with Crippen LogP contribution in [0.5, 0.6) is 17.4 Å². The molecule has 1 aliphatic rings. The quantitative estimate of drug-likeness (QED) is 0.145. The zero-order chi connectivity index (χ0) is 42.4. The lowest BCUT2D eigenvalue weighted by atomic mass is 9.89. The molecule has 0 saturated carbocycles. The SMILES string of the molecule is CCc1nc2ccc(Cl)cn2c1C(=O)NCc1ccc(N2CCC(c3ccc(OC(F)(F)F)cc3)CC2)cc1.FC(F)(F)c1cccc(Oc2ncnc3ccccc23)c1. The Hall–Kier alpha value is -6.35. The summed E-state index contributed by atoms with van der Waals surface area (Å²) in [6.45, 7) is 4.04. The summed E-state index contributed by atoms with van der Waals surface area (Å²) >= 11 is 6.14. The van der Waals surface area contributed by atoms with Crippen molar-refractivity contribution in [3.05, 3.63) is 155 Å². The molecular formula is C44H37ClF6N6O3. The van der Waals surface area contributed by atoms with Crippen LogP contribution in [0.15, 0.2) is 122 Å². The molecule has 8 rings (SSSR count). The molecule has 310 valence electrons. The molecule has 1 N–H and O–H groups in total. The predicted molar refractivity (Wildman–Crippen MR) is 216 cm³/mol. The number of piperidine rings is 1. The molecule has 4 aromatic carbocycles. The number of carbonyl (C=O) groups is 1. The van der Waals surface area contributed by atoms with Gasteiger partial charge in [0.2, 0.25) is 5.88 Å². The van der Waals surface area contributed by atoms with Crippen LogP contribution in [0.4, 0.5) is 32.0 Å². The normalized spacial score (nSPS) is 13.5. The van der Waals surface area contributed by atoms with Crippen molar-refractivity contribution in [1.82, 2.24) is 24.7 Å². The number of hydrogen-bond acceptors (Lipinski definition) is 7. The van der Waals surface area contributed by atoms with Crippen LogP contribution in [0.25, 0.3) is 16.6 Å². The molecule has 1 saturated heterocycles. The molecule has 3 aromatic heterocycles. The Morgan fingerprint density at radius 3 is 2.28 bits per heavy atom. The van der Waals surface area contributed by atoms with Gasteiger partial charge in [-0.15, -0.1) is 13.2 Å². The molecular weight excluding hydrogens is 810 g/mol. The van der Waals surface area contributed by atoms with Crippen LogP contribution in [0.2, 0.25) is 5.02 Å². The highest BCUT2D eigenvalue weighted by atomic mass is 35.5. The summed E-state index contributed by atoms with van der Waals surface area (Å²) < 4.78 is 86.4. The van der Waals surface area contributed by atoms with Gasteiger partial charge in [-0.3, -0.25) is 9.20 Å². The summed E-state index contributed by atoms with van der Waals surface area (Å²) in [7, 11) is 0. The fourth-order valence-electron chi connectivity index (χ4n) is 6.97. The van der Waals surface area contributed by atoms with Gasteiger partial charge in [0.1, 0.15) is 29.2 Å². The van der Waals surface area contributed by atoms with Crippen molar-refractivity contribution in [1.29, 1.82) is 0 Å². The third-order valence-electron chi connectivity index (χ3n) is 9.92. The molecule has 60 heavy (non-hydrogen) atoms. The number of nitrogens with zero attached hydrogens (tertiary/aromatic N) is 5. The first-order valence-electron chi connectivity index (χ1n) is 18.9. The van der Waals surface area contributed by atoms with Crippen molar-refractivity contribution in [3.63, 3.8) is 0 Å². The van der Waals surface area contributed by atoms with Crippen LogP contribution >= 0.6 is 11.6 Å². The Balaban J connectivity index is 0.000000218. The summed E-state index contributed by atoms with van der Waals surface area (Å²) in [5.41, 5.74) is 4.90. The number of aryl methyl sites for hydroxylation is 1. The summed E-state index contributed by atoms with van der Waals surface area (Å²) in [5, 5.41) is 4.17. The number of carbonyl (C=O) groups excluding carboxylic acids is 1. The zero-order valence-corrected chi connectivity index (χ0v) is 32.7. The number of rotatable bonds is 9. The average Bonchev–Trinajstić information content (AvgIpc) is 3.61. The van der Waals surface area contributed by atoms with Gasteiger partial charge >= 0.3 is 12.5 Å². The second-order valence-electron chi connectivity index (χ2n) is 13.9. The summed E-state index contributed by atoms with van der Waals surface area (Å²) in [6.07, 6.45) is -3.64. The highest BCUT2D eigenvalue weighted by Gasteiger charge is 2.32. The van der Waals surface area contributed by atoms with Crippen LogP contribution in [-0.4, -0.2) is 44.7 Å². The van der Waals surface area contributed by atoms with Crippen molar-refractivity contribution in [2.45, 2.75) is 51.2 Å². The maximum Gasteiger partial charge on any atom is 0.573 e. The van der Waals surface area contributed by atoms with E-state index in [0.717, 1.165) is 60.6 Å². The Morgan fingerprint density at radius 2 is 1.58 bits per heavy atom. The van der Waals surface area contributed by atoms with Crippen molar-refractivity contribution >= 4 is 39.7 Å². The Bertz CT molecular complexity index is 2570. The number of hydrogen-bond donors (Lipinski definition) is 1. The van der Waals surface area contributed by atoms with Crippen molar-refractivity contribution in [2.24, 2.45) is 0 Å². The number of alkyl halides is 6. The van der Waals surface area contributed by atoms with Gasteiger partial charge in [-0.25, -0.2) is 15.0 Å². The van der Waals surface area contributed by atoms with Crippen molar-refractivity contribution in [3.8, 4) is 17.4 Å². The lowest BCUT2D eigenvalue weighted by molar-refractivity contribution is -0.274. The van der Waals surface area contributed by atoms with Crippen molar-refractivity contribution < 1.29 is 40.6 Å². The fourth-order valence-corrected chi connectivity index (χ4v) is 7.13. The van der Waals surface area contributed by atoms with Crippen LogP contribution in [0.3, 0.4) is 0 Å². The number of amides is 1. The molecule has 0 radical (unpaired) electrons. The molecule has 0 bridgehead atoms. The number of imidazole rings is 1. The molecule has 0 spiro atoms. The molecule has 0 unspecified atom stereocenters. The highest BCUT2D eigenvalue weighted by molar-refractivity contribution is 6.30. The van der Waals surface area contributed by atoms with E-state index in [1.807, 2.05) is 25.1 Å². The Kier molecular flexibility index (Phi) is 12.5. The van der Waals surface area contributed by atoms with E-state index < -0.39 is 18.1 Å². The van der Waals surface area contributed by atoms with Gasteiger partial charge in [-0.1, -0.05) is 61.0 Å². The maximum atomic E-state index is 13.0. The molecule has 4 heterocycles. The minimum atomic E-state index is -4.68. The first-order chi connectivity index (χ1) is 28.7. The molecule has 1 aliphatic heterocycles. The van der Waals surface area contributed by atoms with Gasteiger partial charge in [0.15, 0.2) is 0 Å². The number of anilines is 1. The van der Waals surface area contributed by atoms with Crippen LogP contribution in [0, 0.1) is 0 Å². The lowest BCUT2D eigenvalue weighted by Crippen LogP contribution is -2.32. The zero-order valence-electron chi connectivity index (χ0n) is 32.0. The molecule has 16 heteroatoms. The number of fused-ring (bicyclic) bond motifs is 2. The molecule has 1 amide bonds. The standard InChI is InChI=1S/C29H28ClF3N4O2.C15H9F3N2O/c1-2-25-27(37-18-22(30)7-12-26(37)35-25)28(38)34-17-19-3-8-23(9-4-19)36-15-13-21(14-16-36)20-5-10-24(11-6-20)39-29(31,32)33;16-15(17,18)10-4-3-5-11(8-10)21-14-12-6-1-2-7-13(12)19-9-20-14/h3-12,18,21H,2,13-17H2,1H3,(H,34,38);1-9H. The van der Waals surface area contributed by atoms with Crippen molar-refractivity contribution in [2.75, 3.05) is 18.0 Å². The van der Waals surface area contributed by atoms with Crippen LogP contribution < -0.4 is 19.7 Å². The smallest absolute Gasteiger partial charge is 0.438 e. The molecule has 7 aromatic rings. The molecule has 0 aliphatic carbocycles. The highest BCUT2D eigenvalue weighted by Crippen LogP contribution is 2.35. The summed E-state index contributed by atoms with van der Waals surface area (Å²) in [4.78, 5) is 27.9. The number of nitrogens with one attached hydrogen (secondary N) is 1. The topological polar surface area (TPSA) is 93.9 Å². The maximum absolute atomic E-state index is 13.0. The third kappa shape index (κ3) is 10.3. The molecule has 1 fully saturated rings. The van der Waals surface area contributed by atoms with Gasteiger partial charge < -0.3 is 19.7 Å². The number of para-hydroxylation sites is 1. The minimum absolute atomic E-state index is 0.0775. The Morgan fingerprint density at radius 1 is 0.850 bits per heavy atom. The van der Waals surface area contributed by atoms with E-state index in [0.29, 0.717) is 40.2 Å². The van der Waals surface area contributed by atoms with E-state index in [9.17, 15) is 31.1 Å². The van der Waals surface area contributed by atoms with Gasteiger partial charge in [0.05, 0.1) is 27.2 Å². The minimum Gasteiger partial charge on any atom is -0.438 e. The van der Waals surface area contributed by atoms with Crippen LogP contribution in [0.1, 0.15) is 58.6 Å². The average molecular weight is 847 g/mol. The fraction of sp³-hybridized carbons (Fsp3) is 0.227. The van der Waals surface area contributed by atoms with E-state index in [4.69, 9.17) is 16.3 Å². The Labute approximate surface area is 345 Å². The number of benzene rings is 4. The van der Waals surface area contributed by atoms with Gasteiger partial charge in [-0.2, -0.15) is 13.2 Å². The summed E-state index contributed by atoms with van der Waals surface area (Å²) in [6, 6.07) is 29.6. The lowest BCUT2D eigenvalue weighted by Gasteiger charge is -2.34. The van der Waals surface area contributed by atoms with Gasteiger partial charge in [0.25, 0.3) is 5.91 Å². The number of pyridine rings is 1. The number of ether oxygens (including phenoxy) is 2. The summed E-state index contributed by atoms with van der Waals surface area (Å²) in [5.74, 6) is 0.186. The number of aromatic nitrogens is 4. The van der Waals surface area contributed by atoms with Gasteiger partial charge in [0, 0.05) is 31.5 Å². The molecule has 9 nitrogen and oxygen atoms in total. The van der Waals surface area contributed by atoms with E-state index in [1.54, 1.807) is 53.1 Å². The van der Waals surface area contributed by atoms with E-state index >= 15 is 0 Å². The first kappa shape index (κ1) is 41.8. The first-order valence-corrected chi connectivity index (χ1v) is 19.3. The second-order valence-corrected chi connectivity index (χ2v) is 14.3. The van der Waals surface area contributed by atoms with Gasteiger partial charge in [-0.05, 0) is 103 Å². The largest absolute Gasteiger partial charge is 0.573 e. The van der Waals surface area contributed by atoms with E-state index in [2.05, 4.69) is 42.0 Å². The van der Waals surface area contributed by atoms with E-state index in [-0.39, 0.29) is 29.2 Å².